The summed E-state index contributed by atoms with van der Waals surface area (Å²) in [4.78, 5) is 14.3. The van der Waals surface area contributed by atoms with E-state index in [1.807, 2.05) is 4.90 Å². The van der Waals surface area contributed by atoms with Crippen LogP contribution in [0.2, 0.25) is 0 Å². The smallest absolute Gasteiger partial charge is 0.396 e. The summed E-state index contributed by atoms with van der Waals surface area (Å²) in [7, 11) is 0. The van der Waals surface area contributed by atoms with E-state index in [4.69, 9.17) is 5.11 Å². The minimum Gasteiger partial charge on any atom is -0.396 e. The zero-order chi connectivity index (χ0) is 16.6. The van der Waals surface area contributed by atoms with Crippen LogP contribution in [-0.4, -0.2) is 35.6 Å². The maximum absolute atomic E-state index is 12.6. The Hall–Kier alpha value is -1.56. The molecule has 0 aromatic heterocycles. The summed E-state index contributed by atoms with van der Waals surface area (Å²) in [6, 6.07) is 5.14. The number of hydrogen-bond acceptors (Lipinski definition) is 2. The number of aliphatic hydroxyl groups excluding tert-OH is 1. The Labute approximate surface area is 133 Å². The van der Waals surface area contributed by atoms with Crippen LogP contribution in [0.3, 0.4) is 0 Å². The fourth-order valence-electron chi connectivity index (χ4n) is 3.44. The largest absolute Gasteiger partial charge is 0.416 e. The maximum atomic E-state index is 12.6. The lowest BCUT2D eigenvalue weighted by molar-refractivity contribution is -0.137. The molecule has 3 nitrogen and oxygen atoms in total. The van der Waals surface area contributed by atoms with Crippen LogP contribution in [0, 0.1) is 11.8 Å². The molecule has 1 saturated carbocycles. The average Bonchev–Trinajstić information content (AvgIpc) is 3.18. The molecule has 0 radical (unpaired) electrons. The van der Waals surface area contributed by atoms with Crippen LogP contribution in [0.15, 0.2) is 24.3 Å². The Kier molecular flexibility index (Phi) is 4.36. The van der Waals surface area contributed by atoms with Crippen molar-refractivity contribution in [2.75, 3.05) is 19.7 Å². The van der Waals surface area contributed by atoms with E-state index in [2.05, 4.69) is 0 Å². The van der Waals surface area contributed by atoms with Gasteiger partial charge in [0.05, 0.1) is 5.56 Å². The zero-order valence-corrected chi connectivity index (χ0v) is 12.7. The first-order valence-corrected chi connectivity index (χ1v) is 7.97. The van der Waals surface area contributed by atoms with E-state index in [1.54, 1.807) is 0 Å². The van der Waals surface area contributed by atoms with Gasteiger partial charge in [-0.2, -0.15) is 13.2 Å². The molecule has 1 heterocycles. The van der Waals surface area contributed by atoms with Gasteiger partial charge in [-0.1, -0.05) is 12.1 Å². The standard InChI is InChI=1S/C17H20F3NO2/c18-17(19,20)13-3-1-12(2-4-13)14-9-15(14)16(23)21-7-5-11(10-21)6-8-22/h1-4,11,14-15,22H,5-10H2/t11-,14+,15-/m1/s1. The van der Waals surface area contributed by atoms with E-state index in [0.29, 0.717) is 18.9 Å². The molecule has 3 atom stereocenters. The van der Waals surface area contributed by atoms with Gasteiger partial charge in [-0.05, 0) is 48.8 Å². The molecule has 126 valence electrons. The van der Waals surface area contributed by atoms with Crippen molar-refractivity contribution in [3.05, 3.63) is 35.4 Å². The monoisotopic (exact) mass is 327 g/mol. The molecule has 0 unspecified atom stereocenters. The fraction of sp³-hybridized carbons (Fsp3) is 0.588. The van der Waals surface area contributed by atoms with Crippen LogP contribution in [0.4, 0.5) is 13.2 Å². The molecule has 23 heavy (non-hydrogen) atoms. The van der Waals surface area contributed by atoms with Crippen molar-refractivity contribution >= 4 is 5.91 Å². The number of rotatable bonds is 4. The lowest BCUT2D eigenvalue weighted by Crippen LogP contribution is -2.30. The van der Waals surface area contributed by atoms with Gasteiger partial charge in [0, 0.05) is 25.6 Å². The Balaban J connectivity index is 1.58. The molecule has 2 fully saturated rings. The zero-order valence-electron chi connectivity index (χ0n) is 12.7. The SMILES string of the molecule is O=C([C@@H]1C[C@H]1c1ccc(C(F)(F)F)cc1)N1CC[C@H](CCO)C1. The van der Waals surface area contributed by atoms with Crippen LogP contribution in [0.5, 0.6) is 0 Å². The summed E-state index contributed by atoms with van der Waals surface area (Å²) in [6.07, 6.45) is -1.97. The van der Waals surface area contributed by atoms with Gasteiger partial charge in [0.25, 0.3) is 0 Å². The summed E-state index contributed by atoms with van der Waals surface area (Å²) in [6.45, 7) is 1.56. The first-order chi connectivity index (χ1) is 10.9. The van der Waals surface area contributed by atoms with Crippen LogP contribution in [0.25, 0.3) is 0 Å². The van der Waals surface area contributed by atoms with Gasteiger partial charge < -0.3 is 10.0 Å². The average molecular weight is 327 g/mol. The molecular weight excluding hydrogens is 307 g/mol. The van der Waals surface area contributed by atoms with E-state index < -0.39 is 11.7 Å². The number of aliphatic hydroxyl groups is 1. The Morgan fingerprint density at radius 3 is 2.57 bits per heavy atom. The van der Waals surface area contributed by atoms with E-state index >= 15 is 0 Å². The second-order valence-electron chi connectivity index (χ2n) is 6.52. The number of halogens is 3. The number of amides is 1. The highest BCUT2D eigenvalue weighted by Crippen LogP contribution is 2.49. The van der Waals surface area contributed by atoms with Crippen molar-refractivity contribution in [2.45, 2.75) is 31.4 Å². The van der Waals surface area contributed by atoms with Crippen LogP contribution in [0.1, 0.15) is 36.3 Å². The lowest BCUT2D eigenvalue weighted by Gasteiger charge is -2.16. The molecule has 1 amide bonds. The molecule has 1 N–H and O–H groups in total. The van der Waals surface area contributed by atoms with Gasteiger partial charge in [-0.3, -0.25) is 4.79 Å². The second-order valence-corrected chi connectivity index (χ2v) is 6.52. The Morgan fingerprint density at radius 1 is 1.26 bits per heavy atom. The van der Waals surface area contributed by atoms with Crippen molar-refractivity contribution in [3.63, 3.8) is 0 Å². The first-order valence-electron chi connectivity index (χ1n) is 7.97. The fourth-order valence-corrected chi connectivity index (χ4v) is 3.44. The van der Waals surface area contributed by atoms with Gasteiger partial charge in [-0.25, -0.2) is 0 Å². The molecule has 1 aliphatic carbocycles. The molecule has 0 bridgehead atoms. The second kappa shape index (κ2) is 6.15. The van der Waals surface area contributed by atoms with Crippen molar-refractivity contribution in [1.29, 1.82) is 0 Å². The quantitative estimate of drug-likeness (QED) is 0.923. The summed E-state index contributed by atoms with van der Waals surface area (Å²) >= 11 is 0. The predicted molar refractivity (Wildman–Crippen MR) is 78.7 cm³/mol. The molecular formula is C17H20F3NO2. The number of likely N-dealkylation sites (tertiary alicyclic amines) is 1. The number of hydrogen-bond donors (Lipinski definition) is 1. The number of alkyl halides is 3. The molecule has 2 aliphatic rings. The number of carbonyl (C=O) groups excluding carboxylic acids is 1. The molecule has 1 aliphatic heterocycles. The van der Waals surface area contributed by atoms with Crippen molar-refractivity contribution in [1.82, 2.24) is 4.90 Å². The number of benzene rings is 1. The predicted octanol–water partition coefficient (Wildman–Crippen LogP) is 3.04. The Bertz CT molecular complexity index is 570. The van der Waals surface area contributed by atoms with Gasteiger partial charge in [-0.15, -0.1) is 0 Å². The topological polar surface area (TPSA) is 40.5 Å². The number of nitrogens with zero attached hydrogens (tertiary/aromatic N) is 1. The van der Waals surface area contributed by atoms with Crippen molar-refractivity contribution in [3.8, 4) is 0 Å². The highest BCUT2D eigenvalue weighted by molar-refractivity contribution is 5.83. The number of carbonyl (C=O) groups is 1. The molecule has 1 aromatic carbocycles. The molecule has 6 heteroatoms. The normalized spacial score (nSPS) is 27.3. The molecule has 3 rings (SSSR count). The minimum atomic E-state index is -4.32. The maximum Gasteiger partial charge on any atom is 0.416 e. The van der Waals surface area contributed by atoms with Crippen LogP contribution >= 0.6 is 0 Å². The molecule has 0 spiro atoms. The lowest BCUT2D eigenvalue weighted by atomic mass is 10.1. The molecule has 1 saturated heterocycles. The van der Waals surface area contributed by atoms with Crippen molar-refractivity contribution in [2.24, 2.45) is 11.8 Å². The van der Waals surface area contributed by atoms with Gasteiger partial charge in [0.1, 0.15) is 0 Å². The van der Waals surface area contributed by atoms with E-state index in [9.17, 15) is 18.0 Å². The summed E-state index contributed by atoms with van der Waals surface area (Å²) in [5, 5.41) is 8.96. The third kappa shape index (κ3) is 3.52. The third-order valence-corrected chi connectivity index (χ3v) is 4.91. The summed E-state index contributed by atoms with van der Waals surface area (Å²) in [5.74, 6) is 0.420. The third-order valence-electron chi connectivity index (χ3n) is 4.91. The summed E-state index contributed by atoms with van der Waals surface area (Å²) < 4.78 is 37.7. The van der Waals surface area contributed by atoms with Crippen LogP contribution < -0.4 is 0 Å². The van der Waals surface area contributed by atoms with Gasteiger partial charge in [0.2, 0.25) is 5.91 Å². The van der Waals surface area contributed by atoms with E-state index in [-0.39, 0.29) is 24.3 Å². The van der Waals surface area contributed by atoms with Gasteiger partial charge in [0.15, 0.2) is 0 Å². The minimum absolute atomic E-state index is 0.0432. The van der Waals surface area contributed by atoms with Gasteiger partial charge >= 0.3 is 6.18 Å². The Morgan fingerprint density at radius 2 is 1.96 bits per heavy atom. The molecule has 1 aromatic rings. The summed E-state index contributed by atoms with van der Waals surface area (Å²) in [5.41, 5.74) is 0.151. The van der Waals surface area contributed by atoms with Crippen molar-refractivity contribution < 1.29 is 23.1 Å². The van der Waals surface area contributed by atoms with E-state index in [1.165, 1.54) is 12.1 Å². The highest BCUT2D eigenvalue weighted by Gasteiger charge is 2.46. The van der Waals surface area contributed by atoms with Crippen LogP contribution in [-0.2, 0) is 11.0 Å². The highest BCUT2D eigenvalue weighted by atomic mass is 19.4. The first kappa shape index (κ1) is 16.3. The van der Waals surface area contributed by atoms with E-state index in [0.717, 1.165) is 37.1 Å².